The van der Waals surface area contributed by atoms with E-state index in [4.69, 9.17) is 0 Å². The van der Waals surface area contributed by atoms with Crippen LogP contribution in [0.1, 0.15) is 52.1 Å². The number of hydrogen-bond donors (Lipinski definition) is 1. The Morgan fingerprint density at radius 3 is 2.63 bits per heavy atom. The molecule has 0 radical (unpaired) electrons. The van der Waals surface area contributed by atoms with Gasteiger partial charge < -0.3 is 10.2 Å². The van der Waals surface area contributed by atoms with Crippen molar-refractivity contribution in [3.05, 3.63) is 17.8 Å². The van der Waals surface area contributed by atoms with Crippen LogP contribution >= 0.6 is 0 Å². The van der Waals surface area contributed by atoms with Crippen LogP contribution in [-0.4, -0.2) is 28.8 Å². The van der Waals surface area contributed by atoms with Crippen molar-refractivity contribution in [3.63, 3.8) is 0 Å². The summed E-state index contributed by atoms with van der Waals surface area (Å²) in [6.45, 7) is 8.42. The van der Waals surface area contributed by atoms with Gasteiger partial charge in [0, 0.05) is 25.2 Å². The highest BCUT2D eigenvalue weighted by molar-refractivity contribution is 5.40. The smallest absolute Gasteiger partial charge is 0.151 e. The van der Waals surface area contributed by atoms with Crippen molar-refractivity contribution in [3.8, 4) is 0 Å². The zero-order chi connectivity index (χ0) is 13.7. The number of nitrogens with zero attached hydrogens (tertiary/aromatic N) is 3. The van der Waals surface area contributed by atoms with Crippen LogP contribution in [0.25, 0.3) is 0 Å². The van der Waals surface area contributed by atoms with E-state index in [9.17, 15) is 0 Å². The Hall–Kier alpha value is -1.16. The molecule has 0 aliphatic heterocycles. The minimum absolute atomic E-state index is 0.481. The van der Waals surface area contributed by atoms with Crippen LogP contribution in [0.4, 0.5) is 5.82 Å². The topological polar surface area (TPSA) is 41.0 Å². The minimum atomic E-state index is 0.481. The maximum absolute atomic E-state index is 4.41. The molecule has 19 heavy (non-hydrogen) atoms. The lowest BCUT2D eigenvalue weighted by molar-refractivity contribution is 0.576. The highest BCUT2D eigenvalue weighted by atomic mass is 15.3. The van der Waals surface area contributed by atoms with Crippen molar-refractivity contribution in [2.75, 3.05) is 11.4 Å². The van der Waals surface area contributed by atoms with Crippen LogP contribution in [0.3, 0.4) is 0 Å². The fourth-order valence-corrected chi connectivity index (χ4v) is 2.11. The SMILES string of the molecule is CCCCN(c1ccc(CNC(C)C)nn1)C1CC1. The normalized spacial score (nSPS) is 14.9. The molecule has 0 unspecified atom stereocenters. The van der Waals surface area contributed by atoms with Crippen LogP contribution < -0.4 is 10.2 Å². The van der Waals surface area contributed by atoms with Crippen LogP contribution in [0, 0.1) is 0 Å². The Morgan fingerprint density at radius 1 is 1.32 bits per heavy atom. The molecule has 0 aromatic carbocycles. The van der Waals surface area contributed by atoms with Crippen molar-refractivity contribution < 1.29 is 0 Å². The second kappa shape index (κ2) is 6.85. The largest absolute Gasteiger partial charge is 0.352 e. The number of unbranched alkanes of at least 4 members (excludes halogenated alkanes) is 1. The first-order valence-electron chi connectivity index (χ1n) is 7.53. The average molecular weight is 262 g/mol. The number of hydrogen-bond acceptors (Lipinski definition) is 4. The second-order valence-electron chi connectivity index (χ2n) is 5.70. The van der Waals surface area contributed by atoms with E-state index < -0.39 is 0 Å². The van der Waals surface area contributed by atoms with E-state index in [-0.39, 0.29) is 0 Å². The zero-order valence-corrected chi connectivity index (χ0v) is 12.4. The van der Waals surface area contributed by atoms with E-state index in [1.165, 1.54) is 25.7 Å². The Kier molecular flexibility index (Phi) is 5.14. The maximum Gasteiger partial charge on any atom is 0.151 e. The van der Waals surface area contributed by atoms with E-state index in [2.05, 4.69) is 53.3 Å². The molecule has 4 nitrogen and oxygen atoms in total. The summed E-state index contributed by atoms with van der Waals surface area (Å²) in [5.41, 5.74) is 1.02. The summed E-state index contributed by atoms with van der Waals surface area (Å²) in [6, 6.07) is 5.41. The number of nitrogens with one attached hydrogen (secondary N) is 1. The third kappa shape index (κ3) is 4.46. The third-order valence-electron chi connectivity index (χ3n) is 3.43. The molecular formula is C15H26N4. The lowest BCUT2D eigenvalue weighted by atomic mass is 10.3. The Morgan fingerprint density at radius 2 is 2.11 bits per heavy atom. The molecule has 1 aromatic rings. The van der Waals surface area contributed by atoms with E-state index in [0.717, 1.165) is 24.6 Å². The summed E-state index contributed by atoms with van der Waals surface area (Å²) in [6.07, 6.45) is 5.08. The molecule has 1 heterocycles. The molecule has 1 saturated carbocycles. The maximum atomic E-state index is 4.41. The lowest BCUT2D eigenvalue weighted by Crippen LogP contribution is -2.28. The van der Waals surface area contributed by atoms with Gasteiger partial charge in [0.1, 0.15) is 0 Å². The molecule has 0 amide bonds. The number of anilines is 1. The highest BCUT2D eigenvalue weighted by Gasteiger charge is 2.29. The highest BCUT2D eigenvalue weighted by Crippen LogP contribution is 2.30. The minimum Gasteiger partial charge on any atom is -0.352 e. The van der Waals surface area contributed by atoms with Gasteiger partial charge in [-0.05, 0) is 31.4 Å². The van der Waals surface area contributed by atoms with E-state index in [0.29, 0.717) is 12.1 Å². The van der Waals surface area contributed by atoms with Gasteiger partial charge in [-0.2, -0.15) is 5.10 Å². The van der Waals surface area contributed by atoms with Crippen molar-refractivity contribution in [1.82, 2.24) is 15.5 Å². The van der Waals surface area contributed by atoms with Crippen molar-refractivity contribution in [2.45, 2.75) is 65.1 Å². The summed E-state index contributed by atoms with van der Waals surface area (Å²) in [5, 5.41) is 12.1. The Bertz CT molecular complexity index is 370. The van der Waals surface area contributed by atoms with E-state index in [1.807, 2.05) is 0 Å². The first-order valence-corrected chi connectivity index (χ1v) is 7.53. The first kappa shape index (κ1) is 14.3. The van der Waals surface area contributed by atoms with Crippen molar-refractivity contribution in [2.24, 2.45) is 0 Å². The lowest BCUT2D eigenvalue weighted by Gasteiger charge is -2.22. The Labute approximate surface area is 116 Å². The van der Waals surface area contributed by atoms with Crippen molar-refractivity contribution >= 4 is 5.82 Å². The van der Waals surface area contributed by atoms with Crippen LogP contribution in [0.15, 0.2) is 12.1 Å². The average Bonchev–Trinajstić information content (AvgIpc) is 3.23. The van der Waals surface area contributed by atoms with Crippen LogP contribution in [0.5, 0.6) is 0 Å². The summed E-state index contributed by atoms with van der Waals surface area (Å²) >= 11 is 0. The van der Waals surface area contributed by atoms with Crippen LogP contribution in [-0.2, 0) is 6.54 Å². The van der Waals surface area contributed by atoms with Gasteiger partial charge in [-0.25, -0.2) is 0 Å². The predicted octanol–water partition coefficient (Wildman–Crippen LogP) is 2.74. The third-order valence-corrected chi connectivity index (χ3v) is 3.43. The predicted molar refractivity (Wildman–Crippen MR) is 79.3 cm³/mol. The fraction of sp³-hybridized carbons (Fsp3) is 0.733. The second-order valence-corrected chi connectivity index (χ2v) is 5.70. The molecule has 0 atom stereocenters. The monoisotopic (exact) mass is 262 g/mol. The summed E-state index contributed by atoms with van der Waals surface area (Å²) < 4.78 is 0. The zero-order valence-electron chi connectivity index (χ0n) is 12.4. The quantitative estimate of drug-likeness (QED) is 0.782. The van der Waals surface area contributed by atoms with Gasteiger partial charge in [0.05, 0.1) is 5.69 Å². The molecule has 1 aliphatic carbocycles. The molecule has 4 heteroatoms. The van der Waals surface area contributed by atoms with Gasteiger partial charge >= 0.3 is 0 Å². The number of aromatic nitrogens is 2. The molecule has 106 valence electrons. The van der Waals surface area contributed by atoms with Gasteiger partial charge in [0.25, 0.3) is 0 Å². The molecule has 2 rings (SSSR count). The van der Waals surface area contributed by atoms with Gasteiger partial charge in [-0.15, -0.1) is 5.10 Å². The summed E-state index contributed by atoms with van der Waals surface area (Å²) in [5.74, 6) is 1.05. The van der Waals surface area contributed by atoms with Gasteiger partial charge in [-0.3, -0.25) is 0 Å². The first-order chi connectivity index (χ1) is 9.20. The standard InChI is InChI=1S/C15H26N4/c1-4-5-10-19(14-7-8-14)15-9-6-13(17-18-15)11-16-12(2)3/h6,9,12,14,16H,4-5,7-8,10-11H2,1-3H3. The molecule has 0 bridgehead atoms. The van der Waals surface area contributed by atoms with E-state index >= 15 is 0 Å². The van der Waals surface area contributed by atoms with Gasteiger partial charge in [0.15, 0.2) is 5.82 Å². The molecule has 1 fully saturated rings. The molecule has 0 spiro atoms. The molecule has 1 N–H and O–H groups in total. The van der Waals surface area contributed by atoms with Gasteiger partial charge in [-0.1, -0.05) is 27.2 Å². The van der Waals surface area contributed by atoms with Gasteiger partial charge in [0.2, 0.25) is 0 Å². The Balaban J connectivity index is 1.95. The number of rotatable bonds is 8. The molecule has 0 saturated heterocycles. The van der Waals surface area contributed by atoms with E-state index in [1.54, 1.807) is 0 Å². The summed E-state index contributed by atoms with van der Waals surface area (Å²) in [4.78, 5) is 2.43. The fourth-order valence-electron chi connectivity index (χ4n) is 2.11. The summed E-state index contributed by atoms with van der Waals surface area (Å²) in [7, 11) is 0. The molecule has 1 aromatic heterocycles. The molecular weight excluding hydrogens is 236 g/mol. The van der Waals surface area contributed by atoms with Crippen LogP contribution in [0.2, 0.25) is 0 Å². The van der Waals surface area contributed by atoms with Crippen molar-refractivity contribution in [1.29, 1.82) is 0 Å². The molecule has 1 aliphatic rings.